The molecule has 2 aromatic rings. The molecule has 1 aliphatic carbocycles. The van der Waals surface area contributed by atoms with Gasteiger partial charge in [-0.05, 0) is 43.5 Å². The summed E-state index contributed by atoms with van der Waals surface area (Å²) in [7, 11) is 0. The van der Waals surface area contributed by atoms with E-state index in [0.29, 0.717) is 0 Å². The summed E-state index contributed by atoms with van der Waals surface area (Å²) >= 11 is 0. The first-order valence-corrected chi connectivity index (χ1v) is 9.63. The van der Waals surface area contributed by atoms with Crippen molar-refractivity contribution in [3.8, 4) is 0 Å². The second kappa shape index (κ2) is 7.14. The number of benzene rings is 1. The largest absolute Gasteiger partial charge is 0.354 e. The van der Waals surface area contributed by atoms with Crippen molar-refractivity contribution in [3.63, 3.8) is 0 Å². The minimum atomic E-state index is 0.907. The number of fused-ring (bicyclic) bond motifs is 1. The van der Waals surface area contributed by atoms with Crippen LogP contribution < -0.4 is 4.90 Å². The molecule has 1 saturated heterocycles. The van der Waals surface area contributed by atoms with Crippen molar-refractivity contribution >= 4 is 16.8 Å². The summed E-state index contributed by atoms with van der Waals surface area (Å²) in [4.78, 5) is 5.02. The van der Waals surface area contributed by atoms with E-state index in [2.05, 4.69) is 40.1 Å². The average Bonchev–Trinajstić information content (AvgIpc) is 3.04. The molecule has 1 saturated carbocycles. The Morgan fingerprint density at radius 1 is 1.08 bits per heavy atom. The minimum Gasteiger partial charge on any atom is -0.354 e. The lowest BCUT2D eigenvalue weighted by atomic mass is 9.87. The lowest BCUT2D eigenvalue weighted by Crippen LogP contribution is -2.47. The van der Waals surface area contributed by atoms with Crippen molar-refractivity contribution in [2.75, 3.05) is 37.6 Å². The van der Waals surface area contributed by atoms with Gasteiger partial charge in [0.05, 0.1) is 5.39 Å². The van der Waals surface area contributed by atoms with Crippen molar-refractivity contribution in [2.45, 2.75) is 45.4 Å². The maximum absolute atomic E-state index is 5.53. The van der Waals surface area contributed by atoms with Crippen LogP contribution in [0, 0.1) is 12.8 Å². The van der Waals surface area contributed by atoms with Crippen molar-refractivity contribution in [3.05, 3.63) is 23.8 Å². The third-order valence-corrected chi connectivity index (χ3v) is 5.86. The minimum absolute atomic E-state index is 0.907. The highest BCUT2D eigenvalue weighted by atomic mass is 16.5. The second-order valence-electron chi connectivity index (χ2n) is 7.63. The molecule has 1 aromatic heterocycles. The van der Waals surface area contributed by atoms with Gasteiger partial charge >= 0.3 is 0 Å². The molecule has 0 radical (unpaired) electrons. The first kappa shape index (κ1) is 15.9. The van der Waals surface area contributed by atoms with Gasteiger partial charge in [0.25, 0.3) is 0 Å². The van der Waals surface area contributed by atoms with E-state index in [1.54, 1.807) is 0 Å². The normalized spacial score (nSPS) is 20.8. The zero-order valence-electron chi connectivity index (χ0n) is 14.8. The molecule has 4 nitrogen and oxygen atoms in total. The molecular formula is C20H29N3O. The molecular weight excluding hydrogens is 298 g/mol. The highest BCUT2D eigenvalue weighted by Crippen LogP contribution is 2.29. The molecule has 4 rings (SSSR count). The van der Waals surface area contributed by atoms with E-state index >= 15 is 0 Å². The summed E-state index contributed by atoms with van der Waals surface area (Å²) in [5.74, 6) is 2.01. The maximum atomic E-state index is 5.53. The van der Waals surface area contributed by atoms with Gasteiger partial charge in [0.15, 0.2) is 11.4 Å². The smallest absolute Gasteiger partial charge is 0.180 e. The van der Waals surface area contributed by atoms with Crippen LogP contribution in [-0.2, 0) is 0 Å². The van der Waals surface area contributed by atoms with Gasteiger partial charge in [-0.15, -0.1) is 0 Å². The Labute approximate surface area is 144 Å². The van der Waals surface area contributed by atoms with Crippen molar-refractivity contribution < 1.29 is 4.52 Å². The number of piperazine rings is 1. The first-order chi connectivity index (χ1) is 11.8. The van der Waals surface area contributed by atoms with Crippen LogP contribution in [0.25, 0.3) is 11.0 Å². The second-order valence-corrected chi connectivity index (χ2v) is 7.63. The Balaban J connectivity index is 1.32. The Bertz CT molecular complexity index is 667. The van der Waals surface area contributed by atoms with E-state index in [4.69, 9.17) is 4.52 Å². The monoisotopic (exact) mass is 327 g/mol. The fraction of sp³-hybridized carbons (Fsp3) is 0.650. The lowest BCUT2D eigenvalue weighted by molar-refractivity contribution is 0.221. The Kier molecular flexibility index (Phi) is 4.74. The van der Waals surface area contributed by atoms with Crippen LogP contribution in [0.5, 0.6) is 0 Å². The van der Waals surface area contributed by atoms with Gasteiger partial charge in [-0.2, -0.15) is 0 Å². The van der Waals surface area contributed by atoms with Crippen LogP contribution in [0.3, 0.4) is 0 Å². The number of aryl methyl sites for hydroxylation is 1. The van der Waals surface area contributed by atoms with Gasteiger partial charge in [0.1, 0.15) is 0 Å². The summed E-state index contributed by atoms with van der Waals surface area (Å²) in [6.07, 6.45) is 8.69. The molecule has 1 aromatic carbocycles. The summed E-state index contributed by atoms with van der Waals surface area (Å²) < 4.78 is 5.53. The molecule has 0 N–H and O–H groups in total. The lowest BCUT2D eigenvalue weighted by Gasteiger charge is -2.35. The van der Waals surface area contributed by atoms with Crippen molar-refractivity contribution in [1.82, 2.24) is 10.1 Å². The number of anilines is 1. The number of hydrogen-bond donors (Lipinski definition) is 0. The van der Waals surface area contributed by atoms with Crippen LogP contribution in [0.15, 0.2) is 22.7 Å². The predicted molar refractivity (Wildman–Crippen MR) is 98.6 cm³/mol. The van der Waals surface area contributed by atoms with Gasteiger partial charge < -0.3 is 9.42 Å². The SMILES string of the molecule is Cc1ccc2c(N3CCN(CCC4CCCCC4)CC3)noc2c1. The van der Waals surface area contributed by atoms with Crippen LogP contribution in [0.2, 0.25) is 0 Å². The van der Waals surface area contributed by atoms with E-state index in [0.717, 1.165) is 48.9 Å². The van der Waals surface area contributed by atoms with Crippen molar-refractivity contribution in [1.29, 1.82) is 0 Å². The average molecular weight is 327 g/mol. The summed E-state index contributed by atoms with van der Waals surface area (Å²) in [6.45, 7) is 7.77. The van der Waals surface area contributed by atoms with Gasteiger partial charge in [-0.25, -0.2) is 0 Å². The maximum Gasteiger partial charge on any atom is 0.180 e. The highest BCUT2D eigenvalue weighted by Gasteiger charge is 2.22. The standard InChI is InChI=1S/C20H29N3O/c1-16-7-8-18-19(15-16)24-21-20(18)23-13-11-22(12-14-23)10-9-17-5-3-2-4-6-17/h7-8,15,17H,2-6,9-14H2,1H3. The quantitative estimate of drug-likeness (QED) is 0.841. The van der Waals surface area contributed by atoms with Gasteiger partial charge in [-0.1, -0.05) is 43.3 Å². The molecule has 2 aliphatic rings. The van der Waals surface area contributed by atoms with Crippen LogP contribution in [0.4, 0.5) is 5.82 Å². The molecule has 1 aliphatic heterocycles. The summed E-state index contributed by atoms with van der Waals surface area (Å²) in [5, 5.41) is 5.49. The Morgan fingerprint density at radius 3 is 2.67 bits per heavy atom. The fourth-order valence-corrected chi connectivity index (χ4v) is 4.28. The van der Waals surface area contributed by atoms with Crippen LogP contribution in [-0.4, -0.2) is 42.8 Å². The summed E-state index contributed by atoms with van der Waals surface area (Å²) in [5.41, 5.74) is 2.13. The zero-order valence-corrected chi connectivity index (χ0v) is 14.8. The molecule has 0 unspecified atom stereocenters. The van der Waals surface area contributed by atoms with Gasteiger partial charge in [0.2, 0.25) is 0 Å². The fourth-order valence-electron chi connectivity index (χ4n) is 4.28. The predicted octanol–water partition coefficient (Wildman–Crippen LogP) is 4.23. The highest BCUT2D eigenvalue weighted by molar-refractivity contribution is 5.89. The number of nitrogens with zero attached hydrogens (tertiary/aromatic N) is 3. The topological polar surface area (TPSA) is 32.5 Å². The molecule has 0 atom stereocenters. The molecule has 0 bridgehead atoms. The van der Waals surface area contributed by atoms with Crippen molar-refractivity contribution in [2.24, 2.45) is 5.92 Å². The molecule has 130 valence electrons. The Hall–Kier alpha value is -1.55. The Morgan fingerprint density at radius 2 is 1.88 bits per heavy atom. The molecule has 2 fully saturated rings. The number of hydrogen-bond acceptors (Lipinski definition) is 4. The number of rotatable bonds is 4. The van der Waals surface area contributed by atoms with Gasteiger partial charge in [0, 0.05) is 26.2 Å². The van der Waals surface area contributed by atoms with Gasteiger partial charge in [-0.3, -0.25) is 4.90 Å². The van der Waals surface area contributed by atoms with E-state index in [-0.39, 0.29) is 0 Å². The molecule has 4 heteroatoms. The van der Waals surface area contributed by atoms with Crippen LogP contribution >= 0.6 is 0 Å². The third kappa shape index (κ3) is 3.44. The third-order valence-electron chi connectivity index (χ3n) is 5.86. The summed E-state index contributed by atoms with van der Waals surface area (Å²) in [6, 6.07) is 6.36. The molecule has 0 amide bonds. The van der Waals surface area contributed by atoms with E-state index < -0.39 is 0 Å². The zero-order chi connectivity index (χ0) is 16.4. The first-order valence-electron chi connectivity index (χ1n) is 9.63. The van der Waals surface area contributed by atoms with E-state index in [1.165, 1.54) is 50.6 Å². The molecule has 0 spiro atoms. The van der Waals surface area contributed by atoms with E-state index in [1.807, 2.05) is 0 Å². The van der Waals surface area contributed by atoms with E-state index in [9.17, 15) is 0 Å². The molecule has 2 heterocycles. The van der Waals surface area contributed by atoms with Crippen LogP contribution in [0.1, 0.15) is 44.1 Å². The number of aromatic nitrogens is 1. The molecule has 24 heavy (non-hydrogen) atoms.